The van der Waals surface area contributed by atoms with Gasteiger partial charge in [0.1, 0.15) is 0 Å². The largest absolute Gasteiger partial charge is 0.378 e. The van der Waals surface area contributed by atoms with Crippen LogP contribution in [0.5, 0.6) is 0 Å². The van der Waals surface area contributed by atoms with E-state index < -0.39 is 0 Å². The molecule has 3 rings (SSSR count). The van der Waals surface area contributed by atoms with Gasteiger partial charge in [-0.25, -0.2) is 0 Å². The van der Waals surface area contributed by atoms with E-state index in [9.17, 15) is 4.79 Å². The molecular formula is C23H30N2O2S. The zero-order valence-corrected chi connectivity index (χ0v) is 18.3. The molecule has 0 unspecified atom stereocenters. The Balaban J connectivity index is 1.65. The van der Waals surface area contributed by atoms with Gasteiger partial charge in [0.2, 0.25) is 5.91 Å². The molecule has 1 atom stereocenters. The average molecular weight is 399 g/mol. The first-order valence-corrected chi connectivity index (χ1v) is 10.7. The van der Waals surface area contributed by atoms with Crippen LogP contribution in [0.4, 0.5) is 11.4 Å². The number of hydrogen-bond acceptors (Lipinski definition) is 4. The van der Waals surface area contributed by atoms with E-state index >= 15 is 0 Å². The van der Waals surface area contributed by atoms with E-state index in [-0.39, 0.29) is 11.2 Å². The second kappa shape index (κ2) is 9.01. The number of carbonyl (C=O) groups is 1. The minimum atomic E-state index is -0.169. The van der Waals surface area contributed by atoms with Crippen molar-refractivity contribution in [3.05, 3.63) is 52.6 Å². The molecule has 2 aromatic carbocycles. The molecule has 2 aromatic rings. The van der Waals surface area contributed by atoms with Crippen LogP contribution in [0.25, 0.3) is 0 Å². The topological polar surface area (TPSA) is 41.6 Å². The van der Waals surface area contributed by atoms with E-state index in [1.54, 1.807) is 11.8 Å². The summed E-state index contributed by atoms with van der Waals surface area (Å²) in [6.45, 7) is 13.9. The minimum Gasteiger partial charge on any atom is -0.378 e. The fourth-order valence-electron chi connectivity index (χ4n) is 3.41. The standard InChI is InChI=1S/C23H30N2O2S/c1-15-14-16(2)18(4)22(17(15)3)28-19(5)23(26)24-20-6-8-21(9-7-20)25-10-12-27-13-11-25/h6-9,14,19H,10-13H2,1-5H3,(H,24,26)/t19-/m0/s1. The molecule has 1 aliphatic heterocycles. The number of anilines is 2. The quantitative estimate of drug-likeness (QED) is 0.729. The number of benzene rings is 2. The second-order valence-electron chi connectivity index (χ2n) is 7.49. The van der Waals surface area contributed by atoms with Crippen molar-refractivity contribution in [2.45, 2.75) is 44.8 Å². The molecule has 28 heavy (non-hydrogen) atoms. The Kier molecular flexibility index (Phi) is 6.68. The van der Waals surface area contributed by atoms with Crippen LogP contribution in [0.3, 0.4) is 0 Å². The molecule has 1 saturated heterocycles. The predicted octanol–water partition coefficient (Wildman–Crippen LogP) is 4.88. The monoisotopic (exact) mass is 398 g/mol. The van der Waals surface area contributed by atoms with E-state index in [1.165, 1.54) is 32.8 Å². The highest BCUT2D eigenvalue weighted by molar-refractivity contribution is 8.00. The number of aryl methyl sites for hydroxylation is 2. The summed E-state index contributed by atoms with van der Waals surface area (Å²) in [5.74, 6) is 0.0297. The van der Waals surface area contributed by atoms with Crippen LogP contribution in [0.2, 0.25) is 0 Å². The summed E-state index contributed by atoms with van der Waals surface area (Å²) in [4.78, 5) is 16.3. The number of nitrogens with zero attached hydrogens (tertiary/aromatic N) is 1. The summed E-state index contributed by atoms with van der Waals surface area (Å²) >= 11 is 1.64. The van der Waals surface area contributed by atoms with E-state index in [0.29, 0.717) is 0 Å². The van der Waals surface area contributed by atoms with E-state index in [1.807, 2.05) is 19.1 Å². The summed E-state index contributed by atoms with van der Waals surface area (Å²) in [7, 11) is 0. The number of thioether (sulfide) groups is 1. The lowest BCUT2D eigenvalue weighted by molar-refractivity contribution is -0.115. The van der Waals surface area contributed by atoms with Crippen LogP contribution >= 0.6 is 11.8 Å². The normalized spacial score (nSPS) is 15.4. The Morgan fingerprint density at radius 1 is 1.04 bits per heavy atom. The molecule has 1 aliphatic rings. The van der Waals surface area contributed by atoms with Gasteiger partial charge in [0.15, 0.2) is 0 Å². The zero-order chi connectivity index (χ0) is 20.3. The number of nitrogens with one attached hydrogen (secondary N) is 1. The number of carbonyl (C=O) groups excluding carboxylic acids is 1. The maximum atomic E-state index is 12.7. The van der Waals surface area contributed by atoms with Gasteiger partial charge in [-0.15, -0.1) is 11.8 Å². The van der Waals surface area contributed by atoms with Crippen LogP contribution in [0.15, 0.2) is 35.2 Å². The van der Waals surface area contributed by atoms with Gasteiger partial charge in [-0.1, -0.05) is 6.07 Å². The van der Waals surface area contributed by atoms with Crippen LogP contribution in [-0.4, -0.2) is 37.5 Å². The molecule has 1 amide bonds. The Hall–Kier alpha value is -1.98. The minimum absolute atomic E-state index is 0.0297. The van der Waals surface area contributed by atoms with Crippen molar-refractivity contribution in [1.29, 1.82) is 0 Å². The van der Waals surface area contributed by atoms with Crippen LogP contribution < -0.4 is 10.2 Å². The van der Waals surface area contributed by atoms with E-state index in [0.717, 1.165) is 32.0 Å². The van der Waals surface area contributed by atoms with Gasteiger partial charge in [0.25, 0.3) is 0 Å². The molecule has 1 N–H and O–H groups in total. The van der Waals surface area contributed by atoms with Gasteiger partial charge >= 0.3 is 0 Å². The van der Waals surface area contributed by atoms with Crippen molar-refractivity contribution < 1.29 is 9.53 Å². The Morgan fingerprint density at radius 2 is 1.61 bits per heavy atom. The fraction of sp³-hybridized carbons (Fsp3) is 0.435. The van der Waals surface area contributed by atoms with Crippen LogP contribution in [-0.2, 0) is 9.53 Å². The van der Waals surface area contributed by atoms with Gasteiger partial charge in [-0.2, -0.15) is 0 Å². The maximum Gasteiger partial charge on any atom is 0.237 e. The first kappa shape index (κ1) is 20.7. The third-order valence-electron chi connectivity index (χ3n) is 5.47. The Morgan fingerprint density at radius 3 is 2.18 bits per heavy atom. The van der Waals surface area contributed by atoms with Gasteiger partial charge in [0, 0.05) is 29.4 Å². The fourth-order valence-corrected chi connectivity index (χ4v) is 4.60. The van der Waals surface area contributed by atoms with Gasteiger partial charge in [-0.3, -0.25) is 4.79 Å². The first-order valence-electron chi connectivity index (χ1n) is 9.84. The maximum absolute atomic E-state index is 12.7. The summed E-state index contributed by atoms with van der Waals surface area (Å²) in [5.41, 5.74) is 7.09. The zero-order valence-electron chi connectivity index (χ0n) is 17.5. The highest BCUT2D eigenvalue weighted by atomic mass is 32.2. The summed E-state index contributed by atoms with van der Waals surface area (Å²) in [6.07, 6.45) is 0. The molecule has 0 radical (unpaired) electrons. The number of ether oxygens (including phenoxy) is 1. The van der Waals surface area contributed by atoms with Crippen molar-refractivity contribution in [3.8, 4) is 0 Å². The predicted molar refractivity (Wildman–Crippen MR) is 119 cm³/mol. The van der Waals surface area contributed by atoms with Crippen molar-refractivity contribution in [2.24, 2.45) is 0 Å². The smallest absolute Gasteiger partial charge is 0.237 e. The molecule has 150 valence electrons. The molecule has 1 fully saturated rings. The van der Waals surface area contributed by atoms with Gasteiger partial charge in [-0.05, 0) is 81.1 Å². The Labute approximate surface area is 172 Å². The van der Waals surface area contributed by atoms with E-state index in [4.69, 9.17) is 4.74 Å². The van der Waals surface area contributed by atoms with Crippen LogP contribution in [0.1, 0.15) is 29.2 Å². The number of morpholine rings is 1. The summed E-state index contributed by atoms with van der Waals surface area (Å²) in [5, 5.41) is 2.89. The number of amides is 1. The summed E-state index contributed by atoms with van der Waals surface area (Å²) < 4.78 is 5.40. The van der Waals surface area contributed by atoms with Gasteiger partial charge in [0.05, 0.1) is 18.5 Å². The number of hydrogen-bond donors (Lipinski definition) is 1. The van der Waals surface area contributed by atoms with Crippen LogP contribution in [0, 0.1) is 27.7 Å². The van der Waals surface area contributed by atoms with Crippen molar-refractivity contribution in [1.82, 2.24) is 0 Å². The highest BCUT2D eigenvalue weighted by Gasteiger charge is 2.19. The lowest BCUT2D eigenvalue weighted by Crippen LogP contribution is -2.36. The lowest BCUT2D eigenvalue weighted by atomic mass is 10.0. The van der Waals surface area contributed by atoms with Crippen molar-refractivity contribution >= 4 is 29.0 Å². The molecule has 5 heteroatoms. The molecule has 0 saturated carbocycles. The molecule has 0 spiro atoms. The van der Waals surface area contributed by atoms with Crippen molar-refractivity contribution in [3.63, 3.8) is 0 Å². The summed E-state index contributed by atoms with van der Waals surface area (Å²) in [6, 6.07) is 10.3. The average Bonchev–Trinajstić information content (AvgIpc) is 2.70. The highest BCUT2D eigenvalue weighted by Crippen LogP contribution is 2.34. The molecular weight excluding hydrogens is 368 g/mol. The Bertz CT molecular complexity index is 816. The van der Waals surface area contributed by atoms with Gasteiger partial charge < -0.3 is 15.0 Å². The lowest BCUT2D eigenvalue weighted by Gasteiger charge is -2.29. The third-order valence-corrected chi connectivity index (χ3v) is 6.89. The molecule has 4 nitrogen and oxygen atoms in total. The molecule has 0 aromatic heterocycles. The van der Waals surface area contributed by atoms with E-state index in [2.05, 4.69) is 56.1 Å². The van der Waals surface area contributed by atoms with Crippen molar-refractivity contribution in [2.75, 3.05) is 36.5 Å². The molecule has 0 aliphatic carbocycles. The third kappa shape index (κ3) is 4.70. The number of rotatable bonds is 5. The molecule has 1 heterocycles. The second-order valence-corrected chi connectivity index (χ2v) is 8.84. The first-order chi connectivity index (χ1) is 13.4. The SMILES string of the molecule is Cc1cc(C)c(C)c(S[C@@H](C)C(=O)Nc2ccc(N3CCOCC3)cc2)c1C. The molecule has 0 bridgehead atoms.